The van der Waals surface area contributed by atoms with E-state index in [9.17, 15) is 9.90 Å². The third-order valence-corrected chi connectivity index (χ3v) is 4.45. The van der Waals surface area contributed by atoms with Gasteiger partial charge in [-0.25, -0.2) is 9.97 Å². The second kappa shape index (κ2) is 8.18. The van der Waals surface area contributed by atoms with Crippen molar-refractivity contribution >= 4 is 17.2 Å². The van der Waals surface area contributed by atoms with Gasteiger partial charge < -0.3 is 10.4 Å². The van der Waals surface area contributed by atoms with E-state index in [1.807, 2.05) is 18.2 Å². The van der Waals surface area contributed by atoms with Gasteiger partial charge in [-0.15, -0.1) is 11.3 Å². The first-order valence-corrected chi connectivity index (χ1v) is 8.73. The summed E-state index contributed by atoms with van der Waals surface area (Å²) in [7, 11) is 0. The summed E-state index contributed by atoms with van der Waals surface area (Å²) in [6.45, 7) is 0.527. The number of amides is 1. The fourth-order valence-electron chi connectivity index (χ4n) is 2.30. The summed E-state index contributed by atoms with van der Waals surface area (Å²) in [6, 6.07) is 7.08. The highest BCUT2D eigenvalue weighted by Gasteiger charge is 2.13. The number of hydrogen-bond donors (Lipinski definition) is 2. The van der Waals surface area contributed by atoms with Gasteiger partial charge in [0, 0.05) is 36.6 Å². The number of nitriles is 1. The minimum absolute atomic E-state index is 0.106. The predicted molar refractivity (Wildman–Crippen MR) is 96.4 cm³/mol. The van der Waals surface area contributed by atoms with Crippen LogP contribution in [0.2, 0.25) is 0 Å². The van der Waals surface area contributed by atoms with E-state index in [0.717, 1.165) is 5.56 Å². The molecule has 0 bridgehead atoms. The molecule has 0 unspecified atom stereocenters. The van der Waals surface area contributed by atoms with Crippen molar-refractivity contribution in [3.8, 4) is 22.5 Å². The molecule has 0 aliphatic rings. The van der Waals surface area contributed by atoms with Crippen LogP contribution in [0.4, 0.5) is 0 Å². The molecule has 3 aromatic heterocycles. The zero-order chi connectivity index (χ0) is 18.4. The van der Waals surface area contributed by atoms with Gasteiger partial charge in [0.25, 0.3) is 0 Å². The number of carbonyl (C=O) groups is 1. The molecule has 0 spiro atoms. The van der Waals surface area contributed by atoms with E-state index in [0.29, 0.717) is 29.4 Å². The summed E-state index contributed by atoms with van der Waals surface area (Å²) < 4.78 is 0. The molecule has 0 atom stereocenters. The molecule has 3 aromatic rings. The highest BCUT2D eigenvalue weighted by atomic mass is 32.1. The topological polar surface area (TPSA) is 112 Å². The van der Waals surface area contributed by atoms with Crippen LogP contribution in [0.25, 0.3) is 10.7 Å². The fourth-order valence-corrected chi connectivity index (χ4v) is 3.12. The van der Waals surface area contributed by atoms with E-state index in [4.69, 9.17) is 5.26 Å². The van der Waals surface area contributed by atoms with Crippen LogP contribution in [0, 0.1) is 11.3 Å². The van der Waals surface area contributed by atoms with Crippen LogP contribution in [0.5, 0.6) is 5.75 Å². The average Bonchev–Trinajstić information content (AvgIpc) is 3.10. The van der Waals surface area contributed by atoms with Crippen molar-refractivity contribution in [2.45, 2.75) is 12.8 Å². The molecule has 8 heteroatoms. The van der Waals surface area contributed by atoms with Crippen molar-refractivity contribution in [3.63, 3.8) is 0 Å². The van der Waals surface area contributed by atoms with Gasteiger partial charge in [0.15, 0.2) is 0 Å². The van der Waals surface area contributed by atoms with Crippen LogP contribution in [0.1, 0.15) is 16.8 Å². The first kappa shape index (κ1) is 17.5. The fraction of sp³-hybridized carbons (Fsp3) is 0.167. The Labute approximate surface area is 154 Å². The van der Waals surface area contributed by atoms with Crippen LogP contribution >= 0.6 is 11.3 Å². The van der Waals surface area contributed by atoms with Crippen LogP contribution < -0.4 is 5.32 Å². The minimum atomic E-state index is -0.122. The number of hydrogen-bond acceptors (Lipinski definition) is 7. The molecular formula is C18H15N5O2S. The van der Waals surface area contributed by atoms with Gasteiger partial charge in [0.05, 0.1) is 17.7 Å². The van der Waals surface area contributed by atoms with Gasteiger partial charge in [-0.2, -0.15) is 5.26 Å². The van der Waals surface area contributed by atoms with Crippen LogP contribution in [0.3, 0.4) is 0 Å². The van der Waals surface area contributed by atoms with Gasteiger partial charge in [0.1, 0.15) is 22.5 Å². The molecule has 7 nitrogen and oxygen atoms in total. The Morgan fingerprint density at radius 1 is 1.38 bits per heavy atom. The average molecular weight is 365 g/mol. The van der Waals surface area contributed by atoms with E-state index in [1.165, 1.54) is 23.6 Å². The summed E-state index contributed by atoms with van der Waals surface area (Å²) >= 11 is 1.29. The van der Waals surface area contributed by atoms with E-state index >= 15 is 0 Å². The number of nitrogens with zero attached hydrogens (tertiary/aromatic N) is 4. The maximum atomic E-state index is 12.0. The first-order chi connectivity index (χ1) is 12.7. The van der Waals surface area contributed by atoms with E-state index in [2.05, 4.69) is 20.3 Å². The lowest BCUT2D eigenvalue weighted by Gasteiger charge is -2.04. The normalized spacial score (nSPS) is 10.3. The Bertz CT molecular complexity index is 950. The van der Waals surface area contributed by atoms with Crippen molar-refractivity contribution in [1.29, 1.82) is 5.26 Å². The number of carbonyl (C=O) groups excluding carboxylic acids is 1. The maximum Gasteiger partial charge on any atom is 0.226 e. The summed E-state index contributed by atoms with van der Waals surface area (Å²) in [5, 5.41) is 23.9. The highest BCUT2D eigenvalue weighted by Crippen LogP contribution is 2.30. The molecule has 0 saturated carbocycles. The summed E-state index contributed by atoms with van der Waals surface area (Å²) in [6.07, 6.45) is 5.73. The molecule has 26 heavy (non-hydrogen) atoms. The molecule has 3 heterocycles. The van der Waals surface area contributed by atoms with Crippen molar-refractivity contribution in [3.05, 3.63) is 59.0 Å². The molecule has 1 amide bonds. The molecular weight excluding hydrogens is 350 g/mol. The van der Waals surface area contributed by atoms with E-state index in [-0.39, 0.29) is 23.6 Å². The number of aromatic nitrogens is 3. The largest absolute Gasteiger partial charge is 0.506 e. The van der Waals surface area contributed by atoms with Crippen molar-refractivity contribution in [2.75, 3.05) is 6.54 Å². The number of rotatable bonds is 6. The number of aromatic hydroxyl groups is 1. The Morgan fingerprint density at radius 3 is 3.00 bits per heavy atom. The zero-order valence-corrected chi connectivity index (χ0v) is 14.5. The molecule has 0 aliphatic heterocycles. The quantitative estimate of drug-likeness (QED) is 0.692. The SMILES string of the molecule is N#Cc1cnc(-c2nc(CC(=O)NCCc3cccnc3)cs2)c(O)c1. The molecule has 3 rings (SSSR count). The van der Waals surface area contributed by atoms with Gasteiger partial charge >= 0.3 is 0 Å². The van der Waals surface area contributed by atoms with Gasteiger partial charge in [-0.3, -0.25) is 9.78 Å². The summed E-state index contributed by atoms with van der Waals surface area (Å²) in [4.78, 5) is 24.5. The molecule has 2 N–H and O–H groups in total. The van der Waals surface area contributed by atoms with Crippen LogP contribution in [-0.2, 0) is 17.6 Å². The Balaban J connectivity index is 1.56. The van der Waals surface area contributed by atoms with E-state index in [1.54, 1.807) is 17.8 Å². The summed E-state index contributed by atoms with van der Waals surface area (Å²) in [5.74, 6) is -0.228. The molecule has 0 aromatic carbocycles. The third kappa shape index (κ3) is 4.40. The molecule has 0 aliphatic carbocycles. The number of thiazole rings is 1. The third-order valence-electron chi connectivity index (χ3n) is 3.55. The Morgan fingerprint density at radius 2 is 2.27 bits per heavy atom. The first-order valence-electron chi connectivity index (χ1n) is 7.85. The second-order valence-corrected chi connectivity index (χ2v) is 6.34. The van der Waals surface area contributed by atoms with Crippen molar-refractivity contribution < 1.29 is 9.90 Å². The lowest BCUT2D eigenvalue weighted by molar-refractivity contribution is -0.120. The van der Waals surface area contributed by atoms with E-state index < -0.39 is 0 Å². The number of nitrogens with one attached hydrogen (secondary N) is 1. The lowest BCUT2D eigenvalue weighted by atomic mass is 10.2. The van der Waals surface area contributed by atoms with Gasteiger partial charge in [-0.1, -0.05) is 6.07 Å². The smallest absolute Gasteiger partial charge is 0.226 e. The Kier molecular flexibility index (Phi) is 5.51. The number of pyridine rings is 2. The zero-order valence-electron chi connectivity index (χ0n) is 13.7. The highest BCUT2D eigenvalue weighted by molar-refractivity contribution is 7.13. The van der Waals surface area contributed by atoms with Crippen molar-refractivity contribution in [1.82, 2.24) is 20.3 Å². The van der Waals surface area contributed by atoms with Gasteiger partial charge in [-0.05, 0) is 18.1 Å². The predicted octanol–water partition coefficient (Wildman–Crippen LogP) is 2.08. The van der Waals surface area contributed by atoms with Crippen molar-refractivity contribution in [2.24, 2.45) is 0 Å². The maximum absolute atomic E-state index is 12.0. The summed E-state index contributed by atoms with van der Waals surface area (Å²) in [5.41, 5.74) is 2.24. The van der Waals surface area contributed by atoms with Crippen LogP contribution in [0.15, 0.2) is 42.2 Å². The molecule has 0 fully saturated rings. The van der Waals surface area contributed by atoms with Crippen LogP contribution in [-0.4, -0.2) is 32.5 Å². The lowest BCUT2D eigenvalue weighted by Crippen LogP contribution is -2.27. The molecule has 130 valence electrons. The monoisotopic (exact) mass is 365 g/mol. The Hall–Kier alpha value is -3.31. The minimum Gasteiger partial charge on any atom is -0.506 e. The molecule has 0 radical (unpaired) electrons. The second-order valence-electron chi connectivity index (χ2n) is 5.49. The van der Waals surface area contributed by atoms with Gasteiger partial charge in [0.2, 0.25) is 5.91 Å². The molecule has 0 saturated heterocycles. The standard InChI is InChI=1S/C18H15N5O2S/c19-8-13-6-15(24)17(22-10-13)18-23-14(11-26-18)7-16(25)21-5-3-12-2-1-4-20-9-12/h1-2,4,6,9-11,24H,3,5,7H2,(H,21,25).